The average Bonchev–Trinajstić information content (AvgIpc) is 3.29. The first-order valence-electron chi connectivity index (χ1n) is 9.59. The molecule has 3 aromatic rings. The van der Waals surface area contributed by atoms with Crippen molar-refractivity contribution >= 4 is 5.91 Å². The lowest BCUT2D eigenvalue weighted by Gasteiger charge is -2.28. The van der Waals surface area contributed by atoms with E-state index in [1.165, 1.54) is 0 Å². The summed E-state index contributed by atoms with van der Waals surface area (Å²) in [6.45, 7) is 4.72. The third kappa shape index (κ3) is 3.68. The van der Waals surface area contributed by atoms with Crippen LogP contribution in [0.4, 0.5) is 0 Å². The van der Waals surface area contributed by atoms with Gasteiger partial charge >= 0.3 is 0 Å². The minimum Gasteiger partial charge on any atom is -0.493 e. The molecule has 0 radical (unpaired) electrons. The van der Waals surface area contributed by atoms with E-state index in [9.17, 15) is 4.79 Å². The van der Waals surface area contributed by atoms with E-state index in [1.807, 2.05) is 54.3 Å². The highest BCUT2D eigenvalue weighted by Crippen LogP contribution is 2.37. The van der Waals surface area contributed by atoms with Crippen LogP contribution < -0.4 is 9.47 Å². The standard InChI is InChI=1S/C22H23N3O4/c1-4-28-20-11-15(9-10-19(20)27-3)18(12-21-24-23-14(2)29-21)25-13-16-7-5-6-8-17(16)22(25)26/h5-11,18H,4,12-13H2,1-3H3. The van der Waals surface area contributed by atoms with Gasteiger partial charge in [0, 0.05) is 19.0 Å². The van der Waals surface area contributed by atoms with Crippen molar-refractivity contribution in [1.82, 2.24) is 15.1 Å². The molecule has 1 amide bonds. The molecule has 1 aromatic heterocycles. The van der Waals surface area contributed by atoms with Gasteiger partial charge in [-0.1, -0.05) is 24.3 Å². The molecule has 1 aliphatic heterocycles. The van der Waals surface area contributed by atoms with Crippen LogP contribution in [-0.2, 0) is 13.0 Å². The average molecular weight is 393 g/mol. The first-order chi connectivity index (χ1) is 14.1. The Morgan fingerprint density at radius 2 is 2.00 bits per heavy atom. The number of rotatable bonds is 7. The number of methoxy groups -OCH3 is 1. The van der Waals surface area contributed by atoms with Gasteiger partial charge in [0.05, 0.1) is 26.2 Å². The quantitative estimate of drug-likeness (QED) is 0.609. The molecule has 150 valence electrons. The van der Waals surface area contributed by atoms with E-state index in [0.717, 1.165) is 16.7 Å². The summed E-state index contributed by atoms with van der Waals surface area (Å²) in [6, 6.07) is 13.1. The molecule has 7 heteroatoms. The maximum absolute atomic E-state index is 13.1. The number of carbonyl (C=O) groups excluding carboxylic acids is 1. The largest absolute Gasteiger partial charge is 0.493 e. The number of hydrogen-bond donors (Lipinski definition) is 0. The molecular formula is C22H23N3O4. The molecule has 4 rings (SSSR count). The summed E-state index contributed by atoms with van der Waals surface area (Å²) >= 11 is 0. The molecule has 0 bridgehead atoms. The molecule has 0 aliphatic carbocycles. The molecule has 2 heterocycles. The van der Waals surface area contributed by atoms with E-state index >= 15 is 0 Å². The fourth-order valence-corrected chi connectivity index (χ4v) is 3.69. The van der Waals surface area contributed by atoms with Crippen molar-refractivity contribution in [2.45, 2.75) is 32.9 Å². The van der Waals surface area contributed by atoms with Crippen LogP contribution in [0.3, 0.4) is 0 Å². The molecule has 0 spiro atoms. The summed E-state index contributed by atoms with van der Waals surface area (Å²) < 4.78 is 16.8. The molecule has 0 fully saturated rings. The predicted octanol–water partition coefficient (Wildman–Crippen LogP) is 3.73. The highest BCUT2D eigenvalue weighted by molar-refractivity contribution is 5.98. The summed E-state index contributed by atoms with van der Waals surface area (Å²) in [5, 5.41) is 8.07. The second-order valence-corrected chi connectivity index (χ2v) is 6.87. The predicted molar refractivity (Wildman–Crippen MR) is 106 cm³/mol. The SMILES string of the molecule is CCOc1cc(C(Cc2nnc(C)o2)N2Cc3ccccc3C2=O)ccc1OC. The molecule has 0 saturated heterocycles. The van der Waals surface area contributed by atoms with E-state index in [-0.39, 0.29) is 11.9 Å². The summed E-state index contributed by atoms with van der Waals surface area (Å²) in [6.07, 6.45) is 0.415. The summed E-state index contributed by atoms with van der Waals surface area (Å²) in [5.41, 5.74) is 2.67. The van der Waals surface area contributed by atoms with Gasteiger partial charge in [-0.3, -0.25) is 4.79 Å². The summed E-state index contributed by atoms with van der Waals surface area (Å²) in [7, 11) is 1.61. The molecular weight excluding hydrogens is 370 g/mol. The van der Waals surface area contributed by atoms with Crippen molar-refractivity contribution in [2.24, 2.45) is 0 Å². The van der Waals surface area contributed by atoms with Crippen molar-refractivity contribution < 1.29 is 18.7 Å². The molecule has 1 aliphatic rings. The van der Waals surface area contributed by atoms with Crippen molar-refractivity contribution in [3.63, 3.8) is 0 Å². The second-order valence-electron chi connectivity index (χ2n) is 6.87. The fraction of sp³-hybridized carbons (Fsp3) is 0.318. The lowest BCUT2D eigenvalue weighted by molar-refractivity contribution is 0.0693. The first kappa shape index (κ1) is 19.0. The van der Waals surface area contributed by atoms with Gasteiger partial charge in [0.15, 0.2) is 11.5 Å². The van der Waals surface area contributed by atoms with Gasteiger partial charge in [-0.05, 0) is 36.2 Å². The monoisotopic (exact) mass is 393 g/mol. The number of hydrogen-bond acceptors (Lipinski definition) is 6. The Labute approximate surface area is 169 Å². The maximum Gasteiger partial charge on any atom is 0.255 e. The number of aryl methyl sites for hydroxylation is 1. The molecule has 7 nitrogen and oxygen atoms in total. The minimum absolute atomic E-state index is 0.00406. The Hall–Kier alpha value is -3.35. The Morgan fingerprint density at radius 3 is 2.69 bits per heavy atom. The Kier molecular flexibility index (Phi) is 5.20. The summed E-state index contributed by atoms with van der Waals surface area (Å²) in [5.74, 6) is 2.28. The van der Waals surface area contributed by atoms with Gasteiger partial charge < -0.3 is 18.8 Å². The van der Waals surface area contributed by atoms with Gasteiger partial charge in [-0.25, -0.2) is 0 Å². The zero-order valence-corrected chi connectivity index (χ0v) is 16.7. The van der Waals surface area contributed by atoms with E-state index in [0.29, 0.717) is 42.9 Å². The maximum atomic E-state index is 13.1. The number of nitrogens with zero attached hydrogens (tertiary/aromatic N) is 3. The van der Waals surface area contributed by atoms with Crippen LogP contribution in [0.1, 0.15) is 46.2 Å². The highest BCUT2D eigenvalue weighted by atomic mass is 16.5. The lowest BCUT2D eigenvalue weighted by Crippen LogP contribution is -2.30. The van der Waals surface area contributed by atoms with Crippen molar-refractivity contribution in [2.75, 3.05) is 13.7 Å². The normalized spacial score (nSPS) is 14.0. The molecule has 2 aromatic carbocycles. The van der Waals surface area contributed by atoms with Crippen LogP contribution >= 0.6 is 0 Å². The smallest absolute Gasteiger partial charge is 0.255 e. The Bertz CT molecular complexity index is 1030. The second kappa shape index (κ2) is 7.95. The van der Waals surface area contributed by atoms with E-state index in [2.05, 4.69) is 10.2 Å². The fourth-order valence-electron chi connectivity index (χ4n) is 3.69. The zero-order chi connectivity index (χ0) is 20.4. The number of amides is 1. The molecule has 1 atom stereocenters. The third-order valence-corrected chi connectivity index (χ3v) is 5.03. The number of ether oxygens (including phenoxy) is 2. The van der Waals surface area contributed by atoms with E-state index in [4.69, 9.17) is 13.9 Å². The van der Waals surface area contributed by atoms with Crippen LogP contribution in [0.25, 0.3) is 0 Å². The lowest BCUT2D eigenvalue weighted by atomic mass is 10.0. The molecule has 0 N–H and O–H groups in total. The van der Waals surface area contributed by atoms with Crippen molar-refractivity contribution in [3.05, 3.63) is 70.9 Å². The van der Waals surface area contributed by atoms with Crippen LogP contribution in [0.15, 0.2) is 46.9 Å². The molecule has 1 unspecified atom stereocenters. The van der Waals surface area contributed by atoms with Gasteiger partial charge in [0.1, 0.15) is 0 Å². The zero-order valence-electron chi connectivity index (χ0n) is 16.7. The number of carbonyl (C=O) groups is 1. The Morgan fingerprint density at radius 1 is 1.17 bits per heavy atom. The van der Waals surface area contributed by atoms with Crippen LogP contribution in [0.5, 0.6) is 11.5 Å². The van der Waals surface area contributed by atoms with Crippen molar-refractivity contribution in [1.29, 1.82) is 0 Å². The number of fused-ring (bicyclic) bond motifs is 1. The van der Waals surface area contributed by atoms with Crippen LogP contribution in [0, 0.1) is 6.92 Å². The molecule has 0 saturated carbocycles. The Balaban J connectivity index is 1.73. The van der Waals surface area contributed by atoms with E-state index < -0.39 is 0 Å². The van der Waals surface area contributed by atoms with Crippen molar-refractivity contribution in [3.8, 4) is 11.5 Å². The van der Waals surface area contributed by atoms with Gasteiger partial charge in [-0.15, -0.1) is 10.2 Å². The van der Waals surface area contributed by atoms with Gasteiger partial charge in [-0.2, -0.15) is 0 Å². The van der Waals surface area contributed by atoms with Gasteiger partial charge in [0.2, 0.25) is 11.8 Å². The van der Waals surface area contributed by atoms with Crippen LogP contribution in [-0.4, -0.2) is 34.7 Å². The van der Waals surface area contributed by atoms with Crippen LogP contribution in [0.2, 0.25) is 0 Å². The first-order valence-corrected chi connectivity index (χ1v) is 9.59. The van der Waals surface area contributed by atoms with Gasteiger partial charge in [0.25, 0.3) is 5.91 Å². The topological polar surface area (TPSA) is 77.7 Å². The van der Waals surface area contributed by atoms with E-state index in [1.54, 1.807) is 14.0 Å². The third-order valence-electron chi connectivity index (χ3n) is 5.03. The number of benzene rings is 2. The number of aromatic nitrogens is 2. The summed E-state index contributed by atoms with van der Waals surface area (Å²) in [4.78, 5) is 15.0. The highest BCUT2D eigenvalue weighted by Gasteiger charge is 2.34. The minimum atomic E-state index is -0.278. The molecule has 29 heavy (non-hydrogen) atoms.